The van der Waals surface area contributed by atoms with Gasteiger partial charge in [0.05, 0.1) is 0 Å². The minimum Gasteiger partial charge on any atom is -0.507 e. The highest BCUT2D eigenvalue weighted by atomic mass is 16.6. The largest absolute Gasteiger partial charge is 0.507 e. The molecule has 4 nitrogen and oxygen atoms in total. The maximum Gasteiger partial charge on any atom is 0.335 e. The molecule has 0 unspecified atom stereocenters. The van der Waals surface area contributed by atoms with Crippen molar-refractivity contribution in [3.63, 3.8) is 0 Å². The predicted molar refractivity (Wildman–Crippen MR) is 88.0 cm³/mol. The first-order chi connectivity index (χ1) is 11.2. The maximum absolute atomic E-state index is 11.7. The Balaban J connectivity index is 2.16. The van der Waals surface area contributed by atoms with Crippen molar-refractivity contribution in [2.45, 2.75) is 0 Å². The molecule has 23 heavy (non-hydrogen) atoms. The summed E-state index contributed by atoms with van der Waals surface area (Å²) in [5, 5.41) is 11.4. The highest BCUT2D eigenvalue weighted by Gasteiger charge is 2.17. The van der Waals surface area contributed by atoms with Gasteiger partial charge in [0.1, 0.15) is 11.5 Å². The zero-order valence-electron chi connectivity index (χ0n) is 12.2. The summed E-state index contributed by atoms with van der Waals surface area (Å²) in [4.78, 5) is 11.7. The van der Waals surface area contributed by atoms with Crippen molar-refractivity contribution in [3.05, 3.63) is 73.3 Å². The zero-order valence-corrected chi connectivity index (χ0v) is 12.2. The number of hydrogen-bond acceptors (Lipinski definition) is 4. The van der Waals surface area contributed by atoms with Gasteiger partial charge in [-0.25, -0.2) is 4.79 Å². The minimum atomic E-state index is -0.598. The molecule has 0 saturated carbocycles. The van der Waals surface area contributed by atoms with E-state index in [9.17, 15) is 9.90 Å². The summed E-state index contributed by atoms with van der Waals surface area (Å²) in [6.45, 7) is 3.40. The Labute approximate surface area is 133 Å². The standard InChI is InChI=1S/C19H14O4/c1-2-18(21)23-19-15-11-7-6-10-14(15)16(20)12-17(19)22-13-8-4-3-5-9-13/h2-12,20H,1H2. The van der Waals surface area contributed by atoms with Crippen molar-refractivity contribution in [2.75, 3.05) is 0 Å². The molecule has 4 heteroatoms. The monoisotopic (exact) mass is 306 g/mol. The number of carbonyl (C=O) groups excluding carboxylic acids is 1. The van der Waals surface area contributed by atoms with E-state index in [0.29, 0.717) is 16.5 Å². The normalized spacial score (nSPS) is 10.3. The number of hydrogen-bond donors (Lipinski definition) is 1. The molecular formula is C19H14O4. The van der Waals surface area contributed by atoms with Gasteiger partial charge in [-0.15, -0.1) is 0 Å². The summed E-state index contributed by atoms with van der Waals surface area (Å²) in [7, 11) is 0. The number of phenolic OH excluding ortho intramolecular Hbond substituents is 1. The lowest BCUT2D eigenvalue weighted by Crippen LogP contribution is -2.05. The van der Waals surface area contributed by atoms with E-state index in [4.69, 9.17) is 9.47 Å². The van der Waals surface area contributed by atoms with E-state index in [-0.39, 0.29) is 17.2 Å². The van der Waals surface area contributed by atoms with Crippen LogP contribution in [0.1, 0.15) is 0 Å². The molecule has 0 amide bonds. The van der Waals surface area contributed by atoms with Crippen molar-refractivity contribution >= 4 is 16.7 Å². The van der Waals surface area contributed by atoms with Crippen molar-refractivity contribution in [1.82, 2.24) is 0 Å². The van der Waals surface area contributed by atoms with Crippen molar-refractivity contribution in [2.24, 2.45) is 0 Å². The van der Waals surface area contributed by atoms with Gasteiger partial charge >= 0.3 is 5.97 Å². The Bertz CT molecular complexity index is 869. The first kappa shape index (κ1) is 14.7. The molecule has 0 radical (unpaired) electrons. The Kier molecular flexibility index (Phi) is 3.97. The van der Waals surface area contributed by atoms with Crippen LogP contribution in [0.15, 0.2) is 73.3 Å². The van der Waals surface area contributed by atoms with Crippen molar-refractivity contribution in [3.8, 4) is 23.0 Å². The molecule has 0 aliphatic rings. The summed E-state index contributed by atoms with van der Waals surface area (Å²) >= 11 is 0. The van der Waals surface area contributed by atoms with Crippen LogP contribution in [0.4, 0.5) is 0 Å². The van der Waals surface area contributed by atoms with E-state index in [1.807, 2.05) is 18.2 Å². The molecule has 0 atom stereocenters. The van der Waals surface area contributed by atoms with Crippen molar-refractivity contribution in [1.29, 1.82) is 0 Å². The molecular weight excluding hydrogens is 292 g/mol. The first-order valence-corrected chi connectivity index (χ1v) is 7.01. The highest BCUT2D eigenvalue weighted by molar-refractivity contribution is 5.98. The molecule has 3 aromatic rings. The van der Waals surface area contributed by atoms with Gasteiger partial charge in [-0.1, -0.05) is 49.0 Å². The molecule has 0 aliphatic heterocycles. The van der Waals surface area contributed by atoms with Crippen LogP contribution in [0.3, 0.4) is 0 Å². The molecule has 0 aliphatic carbocycles. The molecule has 0 spiro atoms. The number of aromatic hydroxyl groups is 1. The van der Waals surface area contributed by atoms with Gasteiger partial charge in [-0.2, -0.15) is 0 Å². The third kappa shape index (κ3) is 3.01. The SMILES string of the molecule is C=CC(=O)Oc1c(Oc2ccccc2)cc(O)c2ccccc12. The molecule has 0 saturated heterocycles. The smallest absolute Gasteiger partial charge is 0.335 e. The quantitative estimate of drug-likeness (QED) is 0.440. The third-order valence-corrected chi connectivity index (χ3v) is 3.28. The Hall–Kier alpha value is -3.27. The molecule has 0 aromatic heterocycles. The average Bonchev–Trinajstić information content (AvgIpc) is 2.59. The fraction of sp³-hybridized carbons (Fsp3) is 0. The van der Waals surface area contributed by atoms with Crippen LogP contribution in [-0.4, -0.2) is 11.1 Å². The second kappa shape index (κ2) is 6.23. The average molecular weight is 306 g/mol. The molecule has 0 bridgehead atoms. The topological polar surface area (TPSA) is 55.8 Å². The fourth-order valence-electron chi connectivity index (χ4n) is 2.24. The summed E-state index contributed by atoms with van der Waals surface area (Å²) < 4.78 is 11.1. The summed E-state index contributed by atoms with van der Waals surface area (Å²) in [5.41, 5.74) is 0. The number of para-hydroxylation sites is 1. The Morgan fingerprint density at radius 2 is 1.65 bits per heavy atom. The molecule has 1 N–H and O–H groups in total. The summed E-state index contributed by atoms with van der Waals surface area (Å²) in [5.74, 6) is 0.511. The van der Waals surface area contributed by atoms with E-state index in [2.05, 4.69) is 6.58 Å². The van der Waals surface area contributed by atoms with Crippen LogP contribution in [0.25, 0.3) is 10.8 Å². The second-order valence-electron chi connectivity index (χ2n) is 4.81. The maximum atomic E-state index is 11.7. The van der Waals surface area contributed by atoms with E-state index in [0.717, 1.165) is 6.08 Å². The lowest BCUT2D eigenvalue weighted by atomic mass is 10.1. The number of rotatable bonds is 4. The van der Waals surface area contributed by atoms with Crippen LogP contribution in [-0.2, 0) is 4.79 Å². The first-order valence-electron chi connectivity index (χ1n) is 7.01. The van der Waals surface area contributed by atoms with Crippen molar-refractivity contribution < 1.29 is 19.4 Å². The van der Waals surface area contributed by atoms with E-state index in [1.54, 1.807) is 36.4 Å². The number of carbonyl (C=O) groups is 1. The summed E-state index contributed by atoms with van der Waals surface area (Å²) in [6, 6.07) is 17.6. The fourth-order valence-corrected chi connectivity index (χ4v) is 2.24. The van der Waals surface area contributed by atoms with Gasteiger partial charge in [-0.3, -0.25) is 0 Å². The Morgan fingerprint density at radius 1 is 1.00 bits per heavy atom. The van der Waals surface area contributed by atoms with E-state index in [1.165, 1.54) is 6.07 Å². The number of ether oxygens (including phenoxy) is 2. The molecule has 0 heterocycles. The molecule has 0 fully saturated rings. The molecule has 3 aromatic carbocycles. The lowest BCUT2D eigenvalue weighted by molar-refractivity contribution is -0.128. The Morgan fingerprint density at radius 3 is 2.35 bits per heavy atom. The van der Waals surface area contributed by atoms with Gasteiger partial charge in [0.25, 0.3) is 0 Å². The van der Waals surface area contributed by atoms with Crippen LogP contribution >= 0.6 is 0 Å². The molecule has 114 valence electrons. The minimum absolute atomic E-state index is 0.0462. The number of esters is 1. The van der Waals surface area contributed by atoms with Gasteiger partial charge in [-0.05, 0) is 12.1 Å². The van der Waals surface area contributed by atoms with Gasteiger partial charge < -0.3 is 14.6 Å². The summed E-state index contributed by atoms with van der Waals surface area (Å²) in [6.07, 6.45) is 1.08. The highest BCUT2D eigenvalue weighted by Crippen LogP contribution is 2.42. The second-order valence-corrected chi connectivity index (χ2v) is 4.81. The van der Waals surface area contributed by atoms with Gasteiger partial charge in [0.2, 0.25) is 0 Å². The van der Waals surface area contributed by atoms with Gasteiger partial charge in [0.15, 0.2) is 11.5 Å². The van der Waals surface area contributed by atoms with Crippen LogP contribution in [0.5, 0.6) is 23.0 Å². The third-order valence-electron chi connectivity index (χ3n) is 3.28. The lowest BCUT2D eigenvalue weighted by Gasteiger charge is -2.14. The van der Waals surface area contributed by atoms with Crippen LogP contribution in [0, 0.1) is 0 Å². The predicted octanol–water partition coefficient (Wildman–Crippen LogP) is 4.43. The molecule has 3 rings (SSSR count). The number of phenols is 1. The van der Waals surface area contributed by atoms with Crippen LogP contribution < -0.4 is 9.47 Å². The zero-order chi connectivity index (χ0) is 16.2. The van der Waals surface area contributed by atoms with Gasteiger partial charge in [0, 0.05) is 22.9 Å². The number of fused-ring (bicyclic) bond motifs is 1. The van der Waals surface area contributed by atoms with Crippen LogP contribution in [0.2, 0.25) is 0 Å². The number of benzene rings is 3. The van der Waals surface area contributed by atoms with E-state index < -0.39 is 5.97 Å². The van der Waals surface area contributed by atoms with E-state index >= 15 is 0 Å².